The summed E-state index contributed by atoms with van der Waals surface area (Å²) >= 11 is 0. The van der Waals surface area contributed by atoms with Crippen molar-refractivity contribution in [3.63, 3.8) is 0 Å². The number of benzene rings is 2. The molecule has 0 aliphatic carbocycles. The van der Waals surface area contributed by atoms with Crippen molar-refractivity contribution < 1.29 is 19.1 Å². The Bertz CT molecular complexity index is 787. The number of nitrogens with one attached hydrogen (secondary N) is 1. The van der Waals surface area contributed by atoms with E-state index in [0.29, 0.717) is 25.3 Å². The molecule has 1 atom stereocenters. The molecule has 0 radical (unpaired) electrons. The zero-order valence-electron chi connectivity index (χ0n) is 15.6. The van der Waals surface area contributed by atoms with Crippen LogP contribution in [0.2, 0.25) is 0 Å². The van der Waals surface area contributed by atoms with Gasteiger partial charge in [0.05, 0.1) is 7.11 Å². The number of ether oxygens (including phenoxy) is 2. The number of nitrogens with zero attached hydrogens (tertiary/aromatic N) is 1. The largest absolute Gasteiger partial charge is 0.497 e. The van der Waals surface area contributed by atoms with Crippen molar-refractivity contribution in [1.82, 2.24) is 5.32 Å². The van der Waals surface area contributed by atoms with Crippen molar-refractivity contribution in [3.8, 4) is 11.5 Å². The first-order valence-electron chi connectivity index (χ1n) is 8.96. The van der Waals surface area contributed by atoms with Crippen molar-refractivity contribution in [2.75, 3.05) is 31.7 Å². The normalized spacial score (nSPS) is 16.3. The van der Waals surface area contributed by atoms with Crippen molar-refractivity contribution in [2.45, 2.75) is 13.3 Å². The lowest BCUT2D eigenvalue weighted by Crippen LogP contribution is -2.34. The van der Waals surface area contributed by atoms with E-state index in [9.17, 15) is 9.59 Å². The van der Waals surface area contributed by atoms with E-state index in [1.54, 1.807) is 36.3 Å². The summed E-state index contributed by atoms with van der Waals surface area (Å²) in [6.45, 7) is 3.02. The summed E-state index contributed by atoms with van der Waals surface area (Å²) in [5.41, 5.74) is 2.06. The Kier molecular flexibility index (Phi) is 5.96. The predicted octanol–water partition coefficient (Wildman–Crippen LogP) is 2.55. The van der Waals surface area contributed by atoms with Crippen LogP contribution in [0.25, 0.3) is 0 Å². The summed E-state index contributed by atoms with van der Waals surface area (Å²) < 4.78 is 10.5. The molecule has 6 nitrogen and oxygen atoms in total. The molecule has 1 N–H and O–H groups in total. The molecule has 1 saturated heterocycles. The van der Waals surface area contributed by atoms with Crippen molar-refractivity contribution in [2.24, 2.45) is 5.92 Å². The molecular weight excluding hydrogens is 344 g/mol. The topological polar surface area (TPSA) is 67.9 Å². The summed E-state index contributed by atoms with van der Waals surface area (Å²) in [6, 6.07) is 15.0. The number of amides is 2. The van der Waals surface area contributed by atoms with Crippen LogP contribution in [0.15, 0.2) is 48.5 Å². The molecule has 1 aliphatic heterocycles. The fraction of sp³-hybridized carbons (Fsp3) is 0.333. The van der Waals surface area contributed by atoms with Gasteiger partial charge in [0.15, 0.2) is 6.61 Å². The first kappa shape index (κ1) is 18.8. The molecule has 0 aromatic heterocycles. The molecule has 3 rings (SSSR count). The Labute approximate surface area is 159 Å². The summed E-state index contributed by atoms with van der Waals surface area (Å²) in [5, 5.41) is 2.85. The number of carbonyl (C=O) groups excluding carboxylic acids is 2. The van der Waals surface area contributed by atoms with Gasteiger partial charge in [-0.05, 0) is 43.3 Å². The predicted molar refractivity (Wildman–Crippen MR) is 103 cm³/mol. The highest BCUT2D eigenvalue weighted by molar-refractivity contribution is 5.95. The second kappa shape index (κ2) is 8.58. The Morgan fingerprint density at radius 1 is 1.11 bits per heavy atom. The van der Waals surface area contributed by atoms with Crippen LogP contribution in [-0.4, -0.2) is 38.6 Å². The zero-order valence-corrected chi connectivity index (χ0v) is 15.6. The van der Waals surface area contributed by atoms with E-state index in [2.05, 4.69) is 5.32 Å². The quantitative estimate of drug-likeness (QED) is 0.816. The maximum absolute atomic E-state index is 12.3. The van der Waals surface area contributed by atoms with Crippen molar-refractivity contribution in [1.29, 1.82) is 0 Å². The van der Waals surface area contributed by atoms with Gasteiger partial charge in [0.25, 0.3) is 5.91 Å². The number of aryl methyl sites for hydroxylation is 1. The molecule has 1 fully saturated rings. The van der Waals surface area contributed by atoms with E-state index in [-0.39, 0.29) is 24.3 Å². The maximum Gasteiger partial charge on any atom is 0.257 e. The molecule has 0 bridgehead atoms. The highest BCUT2D eigenvalue weighted by atomic mass is 16.5. The molecule has 2 amide bonds. The van der Waals surface area contributed by atoms with Gasteiger partial charge in [-0.2, -0.15) is 0 Å². The van der Waals surface area contributed by atoms with Crippen LogP contribution in [-0.2, 0) is 9.59 Å². The minimum absolute atomic E-state index is 0.0608. The molecular formula is C21H24N2O4. The molecule has 27 heavy (non-hydrogen) atoms. The fourth-order valence-electron chi connectivity index (χ4n) is 3.02. The standard InChI is InChI=1S/C21H24N2O4/c1-15-3-5-17(6-4-15)23-13-16(11-21(23)25)12-22-20(24)14-27-19-9-7-18(26-2)8-10-19/h3-10,16H,11-14H2,1-2H3,(H,22,24). The third kappa shape index (κ3) is 5.00. The molecule has 1 aliphatic rings. The van der Waals surface area contributed by atoms with Crippen molar-refractivity contribution in [3.05, 3.63) is 54.1 Å². The number of anilines is 1. The van der Waals surface area contributed by atoms with Gasteiger partial charge in [-0.15, -0.1) is 0 Å². The van der Waals surface area contributed by atoms with Crippen molar-refractivity contribution >= 4 is 17.5 Å². The Morgan fingerprint density at radius 3 is 2.44 bits per heavy atom. The van der Waals surface area contributed by atoms with Crippen LogP contribution < -0.4 is 19.7 Å². The summed E-state index contributed by atoms with van der Waals surface area (Å²) in [6.07, 6.45) is 0.438. The lowest BCUT2D eigenvalue weighted by molar-refractivity contribution is -0.123. The first-order chi connectivity index (χ1) is 13.0. The minimum Gasteiger partial charge on any atom is -0.497 e. The third-order valence-electron chi connectivity index (χ3n) is 4.57. The van der Waals surface area contributed by atoms with Gasteiger partial charge in [0.1, 0.15) is 11.5 Å². The zero-order chi connectivity index (χ0) is 19.2. The second-order valence-corrected chi connectivity index (χ2v) is 6.68. The van der Waals surface area contributed by atoms with Crippen LogP contribution in [0.4, 0.5) is 5.69 Å². The van der Waals surface area contributed by atoms with Gasteiger partial charge >= 0.3 is 0 Å². The van der Waals surface area contributed by atoms with Crippen LogP contribution in [0.5, 0.6) is 11.5 Å². The molecule has 2 aromatic carbocycles. The van der Waals surface area contributed by atoms with Crippen LogP contribution in [0.3, 0.4) is 0 Å². The smallest absolute Gasteiger partial charge is 0.257 e. The summed E-state index contributed by atoms with van der Waals surface area (Å²) in [7, 11) is 1.59. The monoisotopic (exact) mass is 368 g/mol. The average molecular weight is 368 g/mol. The summed E-state index contributed by atoms with van der Waals surface area (Å²) in [4.78, 5) is 26.0. The fourth-order valence-corrected chi connectivity index (χ4v) is 3.02. The molecule has 0 spiro atoms. The van der Waals surface area contributed by atoms with E-state index in [0.717, 1.165) is 17.0 Å². The van der Waals surface area contributed by atoms with Gasteiger partial charge in [0.2, 0.25) is 5.91 Å². The van der Waals surface area contributed by atoms with Crippen LogP contribution in [0.1, 0.15) is 12.0 Å². The second-order valence-electron chi connectivity index (χ2n) is 6.68. The lowest BCUT2D eigenvalue weighted by atomic mass is 10.1. The number of methoxy groups -OCH3 is 1. The van der Waals surface area contributed by atoms with Gasteiger partial charge < -0.3 is 19.7 Å². The molecule has 142 valence electrons. The molecule has 1 unspecified atom stereocenters. The summed E-state index contributed by atoms with van der Waals surface area (Å²) in [5.74, 6) is 1.33. The van der Waals surface area contributed by atoms with E-state index in [1.807, 2.05) is 31.2 Å². The molecule has 1 heterocycles. The van der Waals surface area contributed by atoms with E-state index in [4.69, 9.17) is 9.47 Å². The third-order valence-corrected chi connectivity index (χ3v) is 4.57. The van der Waals surface area contributed by atoms with Gasteiger partial charge in [0, 0.05) is 31.1 Å². The van der Waals surface area contributed by atoms with Gasteiger partial charge in [-0.3, -0.25) is 9.59 Å². The molecule has 0 saturated carbocycles. The number of hydrogen-bond donors (Lipinski definition) is 1. The highest BCUT2D eigenvalue weighted by Crippen LogP contribution is 2.25. The van der Waals surface area contributed by atoms with Crippen LogP contribution in [0, 0.1) is 12.8 Å². The first-order valence-corrected chi connectivity index (χ1v) is 8.96. The maximum atomic E-state index is 12.3. The Balaban J connectivity index is 1.43. The average Bonchev–Trinajstić information content (AvgIpc) is 3.06. The SMILES string of the molecule is COc1ccc(OCC(=O)NCC2CC(=O)N(c3ccc(C)cc3)C2)cc1. The highest BCUT2D eigenvalue weighted by Gasteiger charge is 2.30. The van der Waals surface area contributed by atoms with Gasteiger partial charge in [-0.1, -0.05) is 17.7 Å². The van der Waals surface area contributed by atoms with E-state index in [1.165, 1.54) is 0 Å². The number of carbonyl (C=O) groups is 2. The van der Waals surface area contributed by atoms with Crippen LogP contribution >= 0.6 is 0 Å². The minimum atomic E-state index is -0.202. The Hall–Kier alpha value is -3.02. The van der Waals surface area contributed by atoms with E-state index < -0.39 is 0 Å². The Morgan fingerprint density at radius 2 is 1.78 bits per heavy atom. The molecule has 2 aromatic rings. The lowest BCUT2D eigenvalue weighted by Gasteiger charge is -2.17. The van der Waals surface area contributed by atoms with E-state index >= 15 is 0 Å². The number of rotatable bonds is 7. The van der Waals surface area contributed by atoms with Gasteiger partial charge in [-0.25, -0.2) is 0 Å². The number of hydrogen-bond acceptors (Lipinski definition) is 4. The molecule has 6 heteroatoms.